The number of methoxy groups -OCH3 is 1. The van der Waals surface area contributed by atoms with Crippen LogP contribution >= 0.6 is 0 Å². The van der Waals surface area contributed by atoms with Gasteiger partial charge < -0.3 is 14.5 Å². The van der Waals surface area contributed by atoms with E-state index in [-0.39, 0.29) is 18.9 Å². The molecule has 0 unspecified atom stereocenters. The Bertz CT molecular complexity index is 1190. The summed E-state index contributed by atoms with van der Waals surface area (Å²) in [5, 5.41) is 9.74. The number of ether oxygens (including phenoxy) is 1. The topological polar surface area (TPSA) is 102 Å². The number of amides is 1. The summed E-state index contributed by atoms with van der Waals surface area (Å²) in [6, 6.07) is 16.4. The van der Waals surface area contributed by atoms with Crippen LogP contribution in [0.4, 0.5) is 5.82 Å². The van der Waals surface area contributed by atoms with Crippen molar-refractivity contribution >= 4 is 22.8 Å². The summed E-state index contributed by atoms with van der Waals surface area (Å²) in [7, 11) is 1.60. The monoisotopic (exact) mass is 378 g/mol. The summed E-state index contributed by atoms with van der Waals surface area (Å²) in [5.41, 5.74) is 2.74. The van der Waals surface area contributed by atoms with Crippen LogP contribution in [0.3, 0.4) is 0 Å². The van der Waals surface area contributed by atoms with Crippen LogP contribution in [-0.2, 0) is 11.3 Å². The molecule has 0 radical (unpaired) electrons. The number of carbonyl (C=O) groups is 1. The van der Waals surface area contributed by atoms with E-state index in [1.165, 1.54) is 4.57 Å². The van der Waals surface area contributed by atoms with Crippen LogP contribution in [-0.4, -0.2) is 27.8 Å². The fourth-order valence-corrected chi connectivity index (χ4v) is 3.04. The highest BCUT2D eigenvalue weighted by atomic mass is 16.5. The Labute approximate surface area is 159 Å². The number of H-pyrrole nitrogens is 1. The van der Waals surface area contributed by atoms with Gasteiger partial charge in [-0.2, -0.15) is 5.10 Å². The number of oxazole rings is 1. The molecule has 0 saturated carbocycles. The Hall–Kier alpha value is -3.81. The van der Waals surface area contributed by atoms with E-state index in [0.29, 0.717) is 22.7 Å². The first-order valence-electron chi connectivity index (χ1n) is 8.73. The molecule has 1 amide bonds. The van der Waals surface area contributed by atoms with E-state index in [9.17, 15) is 9.59 Å². The third-order valence-electron chi connectivity index (χ3n) is 4.38. The molecule has 0 bridgehead atoms. The Morgan fingerprint density at radius 1 is 1.21 bits per heavy atom. The second-order valence-electron chi connectivity index (χ2n) is 6.15. The number of nitrogens with zero attached hydrogens (tertiary/aromatic N) is 2. The molecule has 0 fully saturated rings. The number of fused-ring (bicyclic) bond motifs is 1. The molecule has 142 valence electrons. The van der Waals surface area contributed by atoms with Crippen molar-refractivity contribution < 1.29 is 13.9 Å². The quantitative estimate of drug-likeness (QED) is 0.537. The van der Waals surface area contributed by atoms with Crippen molar-refractivity contribution in [2.75, 3.05) is 12.4 Å². The number of carbonyl (C=O) groups excluding carboxylic acids is 1. The first-order valence-corrected chi connectivity index (χ1v) is 8.73. The predicted molar refractivity (Wildman–Crippen MR) is 104 cm³/mol. The molecule has 2 heterocycles. The summed E-state index contributed by atoms with van der Waals surface area (Å²) in [4.78, 5) is 24.3. The van der Waals surface area contributed by atoms with Crippen LogP contribution in [0.1, 0.15) is 6.42 Å². The third-order valence-corrected chi connectivity index (χ3v) is 4.38. The SMILES string of the molecule is COc1ccccc1-c1cc(NC(=O)CCn2c(=O)oc3ccccc32)n[nH]1. The molecule has 0 aliphatic heterocycles. The fourth-order valence-electron chi connectivity index (χ4n) is 3.04. The number of para-hydroxylation sites is 3. The van der Waals surface area contributed by atoms with Gasteiger partial charge in [0.1, 0.15) is 5.75 Å². The lowest BCUT2D eigenvalue weighted by Crippen LogP contribution is -2.19. The highest BCUT2D eigenvalue weighted by Gasteiger charge is 2.13. The van der Waals surface area contributed by atoms with E-state index in [0.717, 1.165) is 11.3 Å². The number of anilines is 1. The van der Waals surface area contributed by atoms with Gasteiger partial charge in [0, 0.05) is 24.6 Å². The number of hydrogen-bond acceptors (Lipinski definition) is 5. The van der Waals surface area contributed by atoms with Crippen molar-refractivity contribution in [1.29, 1.82) is 0 Å². The number of aryl methyl sites for hydroxylation is 1. The van der Waals surface area contributed by atoms with Crippen molar-refractivity contribution in [3.8, 4) is 17.0 Å². The van der Waals surface area contributed by atoms with Crippen molar-refractivity contribution in [3.63, 3.8) is 0 Å². The second kappa shape index (κ2) is 7.43. The Morgan fingerprint density at radius 3 is 2.86 bits per heavy atom. The van der Waals surface area contributed by atoms with Gasteiger partial charge in [-0.3, -0.25) is 14.5 Å². The molecule has 2 aromatic carbocycles. The molecular weight excluding hydrogens is 360 g/mol. The maximum Gasteiger partial charge on any atom is 0.419 e. The van der Waals surface area contributed by atoms with Crippen molar-refractivity contribution in [2.24, 2.45) is 0 Å². The molecule has 4 rings (SSSR count). The van der Waals surface area contributed by atoms with E-state index in [2.05, 4.69) is 15.5 Å². The lowest BCUT2D eigenvalue weighted by Gasteiger charge is -2.05. The van der Waals surface area contributed by atoms with Crippen molar-refractivity contribution in [3.05, 3.63) is 65.1 Å². The highest BCUT2D eigenvalue weighted by Crippen LogP contribution is 2.29. The number of benzene rings is 2. The number of nitrogens with one attached hydrogen (secondary N) is 2. The van der Waals surface area contributed by atoms with Gasteiger partial charge in [0.25, 0.3) is 0 Å². The molecule has 0 atom stereocenters. The first kappa shape index (κ1) is 17.6. The minimum atomic E-state index is -0.479. The van der Waals surface area contributed by atoms with Crippen LogP contribution in [0.25, 0.3) is 22.4 Å². The van der Waals surface area contributed by atoms with E-state index < -0.39 is 5.76 Å². The zero-order valence-electron chi connectivity index (χ0n) is 15.1. The maximum atomic E-state index is 12.3. The van der Waals surface area contributed by atoms with Crippen LogP contribution in [0.2, 0.25) is 0 Å². The molecule has 0 aliphatic carbocycles. The molecule has 2 aromatic heterocycles. The van der Waals surface area contributed by atoms with Crippen molar-refractivity contribution in [1.82, 2.24) is 14.8 Å². The van der Waals surface area contributed by atoms with E-state index in [4.69, 9.17) is 9.15 Å². The van der Waals surface area contributed by atoms with Crippen LogP contribution in [0, 0.1) is 0 Å². The van der Waals surface area contributed by atoms with Gasteiger partial charge >= 0.3 is 5.76 Å². The van der Waals surface area contributed by atoms with Crippen molar-refractivity contribution in [2.45, 2.75) is 13.0 Å². The van der Waals surface area contributed by atoms with Gasteiger partial charge in [0.05, 0.1) is 18.3 Å². The molecule has 4 aromatic rings. The Balaban J connectivity index is 1.44. The largest absolute Gasteiger partial charge is 0.496 e. The summed E-state index contributed by atoms with van der Waals surface area (Å²) in [5.74, 6) is 0.369. The molecule has 28 heavy (non-hydrogen) atoms. The second-order valence-corrected chi connectivity index (χ2v) is 6.15. The molecule has 0 aliphatic rings. The minimum Gasteiger partial charge on any atom is -0.496 e. The fraction of sp³-hybridized carbons (Fsp3) is 0.150. The summed E-state index contributed by atoms with van der Waals surface area (Å²) < 4.78 is 12.0. The zero-order chi connectivity index (χ0) is 19.5. The molecule has 2 N–H and O–H groups in total. The van der Waals surface area contributed by atoms with E-state index in [1.807, 2.05) is 30.3 Å². The summed E-state index contributed by atoms with van der Waals surface area (Å²) in [6.07, 6.45) is 0.111. The zero-order valence-corrected chi connectivity index (χ0v) is 15.1. The average molecular weight is 378 g/mol. The molecule has 0 saturated heterocycles. The molecular formula is C20H18N4O4. The number of hydrogen-bond donors (Lipinski definition) is 2. The van der Waals surface area contributed by atoms with Crippen LogP contribution < -0.4 is 15.8 Å². The smallest absolute Gasteiger partial charge is 0.419 e. The van der Waals surface area contributed by atoms with Gasteiger partial charge in [0.15, 0.2) is 11.4 Å². The van der Waals surface area contributed by atoms with E-state index in [1.54, 1.807) is 31.4 Å². The molecule has 8 nitrogen and oxygen atoms in total. The lowest BCUT2D eigenvalue weighted by atomic mass is 10.1. The van der Waals surface area contributed by atoms with Gasteiger partial charge in [0.2, 0.25) is 5.91 Å². The molecule has 0 spiro atoms. The lowest BCUT2D eigenvalue weighted by molar-refractivity contribution is -0.116. The Morgan fingerprint density at radius 2 is 2.00 bits per heavy atom. The Kier molecular flexibility index (Phi) is 4.67. The third kappa shape index (κ3) is 3.39. The van der Waals surface area contributed by atoms with Gasteiger partial charge in [-0.05, 0) is 24.3 Å². The first-order chi connectivity index (χ1) is 13.7. The van der Waals surface area contributed by atoms with E-state index >= 15 is 0 Å². The average Bonchev–Trinajstić information content (AvgIpc) is 3.30. The number of aromatic amines is 1. The summed E-state index contributed by atoms with van der Waals surface area (Å²) >= 11 is 0. The number of rotatable bonds is 6. The standard InChI is InChI=1S/C20H18N4O4/c1-27-16-8-4-2-6-13(16)14-12-18(23-22-14)21-19(25)10-11-24-15-7-3-5-9-17(15)28-20(24)26/h2-9,12H,10-11H2,1H3,(H2,21,22,23,25). The predicted octanol–water partition coefficient (Wildman–Crippen LogP) is 3.02. The van der Waals surface area contributed by atoms with Crippen LogP contribution in [0.15, 0.2) is 63.8 Å². The van der Waals surface area contributed by atoms with Gasteiger partial charge in [-0.25, -0.2) is 4.79 Å². The molecule has 8 heteroatoms. The minimum absolute atomic E-state index is 0.111. The maximum absolute atomic E-state index is 12.3. The number of aromatic nitrogens is 3. The van der Waals surface area contributed by atoms with Crippen LogP contribution in [0.5, 0.6) is 5.75 Å². The van der Waals surface area contributed by atoms with Gasteiger partial charge in [-0.1, -0.05) is 24.3 Å². The summed E-state index contributed by atoms with van der Waals surface area (Å²) in [6.45, 7) is 0.214. The normalized spacial score (nSPS) is 10.9. The highest BCUT2D eigenvalue weighted by molar-refractivity contribution is 5.90. The van der Waals surface area contributed by atoms with Gasteiger partial charge in [-0.15, -0.1) is 0 Å².